The van der Waals surface area contributed by atoms with E-state index in [9.17, 15) is 0 Å². The van der Waals surface area contributed by atoms with Crippen LogP contribution in [-0.2, 0) is 0 Å². The number of nitriles is 1. The van der Waals surface area contributed by atoms with Crippen molar-refractivity contribution in [1.82, 2.24) is 4.98 Å². The van der Waals surface area contributed by atoms with Crippen molar-refractivity contribution in [2.45, 2.75) is 0 Å². The largest absolute Gasteiger partial charge is 0.248 e. The second-order valence-electron chi connectivity index (χ2n) is 11.9. The Morgan fingerprint density at radius 2 is 0.792 bits per heavy atom. The monoisotopic (exact) mass is 610 g/mol. The van der Waals surface area contributed by atoms with Crippen molar-refractivity contribution in [1.29, 1.82) is 5.26 Å². The van der Waals surface area contributed by atoms with Crippen molar-refractivity contribution in [2.24, 2.45) is 0 Å². The fourth-order valence-corrected chi connectivity index (χ4v) is 6.46. The van der Waals surface area contributed by atoms with E-state index in [0.717, 1.165) is 44.8 Å². The van der Waals surface area contributed by atoms with Gasteiger partial charge in [-0.1, -0.05) is 152 Å². The summed E-state index contributed by atoms with van der Waals surface area (Å²) in [6.45, 7) is 0. The summed E-state index contributed by atoms with van der Waals surface area (Å²) < 4.78 is 0. The zero-order valence-corrected chi connectivity index (χ0v) is 26.2. The molecule has 0 N–H and O–H groups in total. The second kappa shape index (κ2) is 12.7. The Morgan fingerprint density at radius 3 is 1.35 bits per heavy atom. The predicted octanol–water partition coefficient (Wildman–Crippen LogP) is 12.1. The van der Waals surface area contributed by atoms with Crippen LogP contribution in [0.25, 0.3) is 77.8 Å². The van der Waals surface area contributed by atoms with Gasteiger partial charge in [0.1, 0.15) is 0 Å². The maximum absolute atomic E-state index is 9.15. The molecule has 224 valence electrons. The van der Waals surface area contributed by atoms with Gasteiger partial charge < -0.3 is 0 Å². The fraction of sp³-hybridized carbons (Fsp3) is 0. The Morgan fingerprint density at radius 1 is 0.333 bits per heavy atom. The molecule has 0 aliphatic rings. The number of hydrogen-bond acceptors (Lipinski definition) is 2. The molecule has 7 aromatic carbocycles. The lowest BCUT2D eigenvalue weighted by atomic mass is 9.90. The molecule has 2 nitrogen and oxygen atoms in total. The number of pyridine rings is 1. The highest BCUT2D eigenvalue weighted by Crippen LogP contribution is 2.38. The van der Waals surface area contributed by atoms with Crippen molar-refractivity contribution in [3.63, 3.8) is 0 Å². The molecule has 0 amide bonds. The molecule has 1 aromatic heterocycles. The summed E-state index contributed by atoms with van der Waals surface area (Å²) in [6, 6.07) is 65.8. The summed E-state index contributed by atoms with van der Waals surface area (Å²) in [7, 11) is 0. The van der Waals surface area contributed by atoms with Gasteiger partial charge in [0, 0.05) is 11.1 Å². The Labute approximate surface area is 280 Å². The molecule has 0 bridgehead atoms. The van der Waals surface area contributed by atoms with Crippen LogP contribution < -0.4 is 0 Å². The van der Waals surface area contributed by atoms with E-state index >= 15 is 0 Å². The number of nitrogens with zero attached hydrogens (tertiary/aromatic N) is 2. The van der Waals surface area contributed by atoms with Gasteiger partial charge in [-0.05, 0) is 85.6 Å². The lowest BCUT2D eigenvalue weighted by Gasteiger charge is -2.14. The molecular weight excluding hydrogens is 581 g/mol. The summed E-state index contributed by atoms with van der Waals surface area (Å²) >= 11 is 0. The first-order valence-electron chi connectivity index (χ1n) is 16.1. The molecule has 0 aliphatic carbocycles. The summed E-state index contributed by atoms with van der Waals surface area (Å²) in [5.74, 6) is 0. The fourth-order valence-electron chi connectivity index (χ4n) is 6.46. The number of fused-ring (bicyclic) bond motifs is 1. The normalized spacial score (nSPS) is 10.9. The lowest BCUT2D eigenvalue weighted by Crippen LogP contribution is -1.91. The maximum Gasteiger partial charge on any atom is 0.0991 e. The van der Waals surface area contributed by atoms with Gasteiger partial charge >= 0.3 is 0 Å². The molecule has 8 aromatic rings. The SMILES string of the molecule is N#Cc1ccc(-c2ccc(-c3ccc(-c4cccc(-c5cc(-c6ccccc6)nc(-c6ccccc6)c5)c4)c4ccccc34)cc2)cc1. The Balaban J connectivity index is 1.19. The Bertz CT molecular complexity index is 2360. The molecule has 0 atom stereocenters. The highest BCUT2D eigenvalue weighted by atomic mass is 14.7. The highest BCUT2D eigenvalue weighted by molar-refractivity contribution is 6.05. The number of benzene rings is 7. The third-order valence-corrected chi connectivity index (χ3v) is 8.94. The van der Waals surface area contributed by atoms with Crippen LogP contribution in [0.5, 0.6) is 0 Å². The molecule has 0 saturated heterocycles. The van der Waals surface area contributed by atoms with Crippen LogP contribution in [0.3, 0.4) is 0 Å². The van der Waals surface area contributed by atoms with Gasteiger partial charge in [0.15, 0.2) is 0 Å². The molecule has 8 rings (SSSR count). The van der Waals surface area contributed by atoms with E-state index < -0.39 is 0 Å². The van der Waals surface area contributed by atoms with Crippen molar-refractivity contribution in [2.75, 3.05) is 0 Å². The number of rotatable bonds is 6. The minimum Gasteiger partial charge on any atom is -0.248 e. The van der Waals surface area contributed by atoms with Crippen LogP contribution in [-0.4, -0.2) is 4.98 Å². The quantitative estimate of drug-likeness (QED) is 0.188. The van der Waals surface area contributed by atoms with Crippen LogP contribution in [0.15, 0.2) is 182 Å². The van der Waals surface area contributed by atoms with E-state index in [-0.39, 0.29) is 0 Å². The van der Waals surface area contributed by atoms with Crippen LogP contribution in [0.1, 0.15) is 5.56 Å². The van der Waals surface area contributed by atoms with E-state index in [1.54, 1.807) is 0 Å². The lowest BCUT2D eigenvalue weighted by molar-refractivity contribution is 1.32. The van der Waals surface area contributed by atoms with Crippen molar-refractivity contribution < 1.29 is 0 Å². The second-order valence-corrected chi connectivity index (χ2v) is 11.9. The van der Waals surface area contributed by atoms with Crippen LogP contribution >= 0.6 is 0 Å². The van der Waals surface area contributed by atoms with E-state index in [4.69, 9.17) is 10.2 Å². The first-order valence-corrected chi connectivity index (χ1v) is 16.1. The standard InChI is InChI=1S/C46H30N2/c47-31-32-18-20-33(21-19-32)34-22-24-35(25-23-34)41-26-27-42(44-17-8-7-16-43(41)44)39-15-9-14-38(28-39)40-29-45(36-10-3-1-4-11-36)48-46(30-40)37-12-5-2-6-13-37/h1-30H. The van der Waals surface area contributed by atoms with Crippen LogP contribution in [0.4, 0.5) is 0 Å². The molecule has 0 saturated carbocycles. The van der Waals surface area contributed by atoms with Gasteiger partial charge in [-0.2, -0.15) is 5.26 Å². The maximum atomic E-state index is 9.15. The van der Waals surface area contributed by atoms with E-state index in [1.165, 1.54) is 33.0 Å². The van der Waals surface area contributed by atoms with Crippen molar-refractivity contribution in [3.05, 3.63) is 188 Å². The Hall–Kier alpha value is -6.56. The van der Waals surface area contributed by atoms with Crippen molar-refractivity contribution in [3.8, 4) is 73.1 Å². The molecule has 0 radical (unpaired) electrons. The van der Waals surface area contributed by atoms with Gasteiger partial charge in [0.05, 0.1) is 23.0 Å². The predicted molar refractivity (Wildman–Crippen MR) is 199 cm³/mol. The van der Waals surface area contributed by atoms with Gasteiger partial charge in [-0.3, -0.25) is 0 Å². The van der Waals surface area contributed by atoms with E-state index in [1.807, 2.05) is 36.4 Å². The molecule has 0 fully saturated rings. The van der Waals surface area contributed by atoms with Gasteiger partial charge in [0.25, 0.3) is 0 Å². The molecular formula is C46H30N2. The van der Waals surface area contributed by atoms with Crippen LogP contribution in [0, 0.1) is 11.3 Å². The average Bonchev–Trinajstić information content (AvgIpc) is 3.18. The smallest absolute Gasteiger partial charge is 0.0991 e. The van der Waals surface area contributed by atoms with Gasteiger partial charge in [0.2, 0.25) is 0 Å². The first-order chi connectivity index (χ1) is 23.7. The molecule has 1 heterocycles. The first kappa shape index (κ1) is 28.9. The third kappa shape index (κ3) is 5.66. The summed E-state index contributed by atoms with van der Waals surface area (Å²) in [4.78, 5) is 5.08. The zero-order valence-electron chi connectivity index (χ0n) is 26.2. The third-order valence-electron chi connectivity index (χ3n) is 8.94. The minimum absolute atomic E-state index is 0.669. The summed E-state index contributed by atoms with van der Waals surface area (Å²) in [5.41, 5.74) is 14.0. The van der Waals surface area contributed by atoms with Crippen LogP contribution in [0.2, 0.25) is 0 Å². The van der Waals surface area contributed by atoms with Gasteiger partial charge in [-0.25, -0.2) is 4.98 Å². The topological polar surface area (TPSA) is 36.7 Å². The summed E-state index contributed by atoms with van der Waals surface area (Å²) in [6.07, 6.45) is 0. The zero-order chi connectivity index (χ0) is 32.3. The number of hydrogen-bond donors (Lipinski definition) is 0. The molecule has 2 heteroatoms. The number of aromatic nitrogens is 1. The molecule has 0 spiro atoms. The average molecular weight is 611 g/mol. The van der Waals surface area contributed by atoms with Gasteiger partial charge in [-0.15, -0.1) is 0 Å². The van der Waals surface area contributed by atoms with E-state index in [2.05, 4.69) is 152 Å². The van der Waals surface area contributed by atoms with Crippen molar-refractivity contribution >= 4 is 10.8 Å². The minimum atomic E-state index is 0.669. The molecule has 48 heavy (non-hydrogen) atoms. The van der Waals surface area contributed by atoms with E-state index in [0.29, 0.717) is 5.56 Å². The Kier molecular flexibility index (Phi) is 7.63. The summed E-state index contributed by atoms with van der Waals surface area (Å²) in [5, 5.41) is 11.6. The molecule has 0 unspecified atom stereocenters. The molecule has 0 aliphatic heterocycles. The highest BCUT2D eigenvalue weighted by Gasteiger charge is 2.13.